The van der Waals surface area contributed by atoms with Crippen molar-refractivity contribution in [2.24, 2.45) is 0 Å². The van der Waals surface area contributed by atoms with Crippen molar-refractivity contribution in [2.75, 3.05) is 6.54 Å². The summed E-state index contributed by atoms with van der Waals surface area (Å²) in [4.78, 5) is 9.40. The Kier molecular flexibility index (Phi) is 5.35. The second kappa shape index (κ2) is 6.48. The van der Waals surface area contributed by atoms with Crippen LogP contribution in [0.1, 0.15) is 13.8 Å². The Balaban J connectivity index is 3.16. The summed E-state index contributed by atoms with van der Waals surface area (Å²) in [5, 5.41) is 10.9. The van der Waals surface area contributed by atoms with E-state index in [0.717, 1.165) is 12.1 Å². The summed E-state index contributed by atoms with van der Waals surface area (Å²) < 4.78 is 66.1. The van der Waals surface area contributed by atoms with Crippen LogP contribution in [0.5, 0.6) is 5.75 Å². The van der Waals surface area contributed by atoms with Gasteiger partial charge in [0.25, 0.3) is 0 Å². The van der Waals surface area contributed by atoms with Gasteiger partial charge in [-0.15, -0.1) is 0 Å². The molecule has 0 aliphatic heterocycles. The maximum atomic E-state index is 12.1. The summed E-state index contributed by atoms with van der Waals surface area (Å²) in [5.41, 5.74) is -0.649. The number of ether oxygens (including phenoxy) is 1. The van der Waals surface area contributed by atoms with E-state index in [2.05, 4.69) is 0 Å². The van der Waals surface area contributed by atoms with Crippen LogP contribution in [0.25, 0.3) is 0 Å². The van der Waals surface area contributed by atoms with E-state index >= 15 is 0 Å². The zero-order valence-electron chi connectivity index (χ0n) is 11.5. The molecular weight excluding hydrogens is 329 g/mol. The molecule has 0 radical (unpaired) electrons. The smallest absolute Gasteiger partial charge is 0.402 e. The zero-order chi connectivity index (χ0) is 17.1. The number of nitrogens with one attached hydrogen (secondary N) is 1. The van der Waals surface area contributed by atoms with Crippen molar-refractivity contribution in [3.05, 3.63) is 28.3 Å². The summed E-state index contributed by atoms with van der Waals surface area (Å²) in [5.74, 6) is -0.172. The molecule has 0 saturated heterocycles. The van der Waals surface area contributed by atoms with Gasteiger partial charge in [0.15, 0.2) is 5.75 Å². The molecule has 0 spiro atoms. The number of nitro groups is 1. The highest BCUT2D eigenvalue weighted by Gasteiger charge is 2.31. The molecule has 11 heteroatoms. The van der Waals surface area contributed by atoms with Crippen LogP contribution in [-0.4, -0.2) is 32.2 Å². The van der Waals surface area contributed by atoms with E-state index in [1.54, 1.807) is 13.8 Å². The molecule has 0 bridgehead atoms. The van der Waals surface area contributed by atoms with Crippen LogP contribution < -0.4 is 9.46 Å². The largest absolute Gasteiger partial charge is 0.484 e. The molecule has 0 amide bonds. The van der Waals surface area contributed by atoms with Gasteiger partial charge in [0, 0.05) is 6.07 Å². The normalized spacial score (nSPS) is 12.5. The topological polar surface area (TPSA) is 98.5 Å². The van der Waals surface area contributed by atoms with Gasteiger partial charge in [-0.3, -0.25) is 10.1 Å². The van der Waals surface area contributed by atoms with E-state index < -0.39 is 44.4 Å². The summed E-state index contributed by atoms with van der Waals surface area (Å²) in [7, 11) is -4.52. The highest BCUT2D eigenvalue weighted by molar-refractivity contribution is 7.89. The number of hydrogen-bond donors (Lipinski definition) is 1. The first-order valence-corrected chi connectivity index (χ1v) is 7.42. The van der Waals surface area contributed by atoms with Gasteiger partial charge in [0.2, 0.25) is 10.0 Å². The Morgan fingerprint density at radius 2 is 1.95 bits per heavy atom. The van der Waals surface area contributed by atoms with E-state index in [9.17, 15) is 31.7 Å². The predicted octanol–water partition coefficient (Wildman–Crippen LogP) is 2.22. The first-order valence-electron chi connectivity index (χ1n) is 5.94. The minimum absolute atomic E-state index is 0.172. The Bertz CT molecular complexity index is 658. The van der Waals surface area contributed by atoms with Gasteiger partial charge >= 0.3 is 11.9 Å². The van der Waals surface area contributed by atoms with Crippen LogP contribution in [-0.2, 0) is 10.0 Å². The molecular formula is C11H13F3N2O5S. The molecule has 0 aliphatic rings. The summed E-state index contributed by atoms with van der Waals surface area (Å²) >= 11 is 0. The fraction of sp³-hybridized carbons (Fsp3) is 0.455. The van der Waals surface area contributed by atoms with Crippen LogP contribution in [0, 0.1) is 10.1 Å². The predicted molar refractivity (Wildman–Crippen MR) is 70.1 cm³/mol. The van der Waals surface area contributed by atoms with Gasteiger partial charge in [-0.1, -0.05) is 0 Å². The number of hydrogen-bond acceptors (Lipinski definition) is 5. The highest BCUT2D eigenvalue weighted by Crippen LogP contribution is 2.30. The molecule has 1 aromatic carbocycles. The lowest BCUT2D eigenvalue weighted by atomic mass is 10.3. The molecule has 0 atom stereocenters. The van der Waals surface area contributed by atoms with Crippen molar-refractivity contribution < 1.29 is 31.2 Å². The van der Waals surface area contributed by atoms with Crippen LogP contribution in [0.3, 0.4) is 0 Å². The van der Waals surface area contributed by atoms with Gasteiger partial charge in [-0.25, -0.2) is 13.1 Å². The van der Waals surface area contributed by atoms with E-state index in [1.807, 2.05) is 0 Å². The molecule has 0 aliphatic carbocycles. The molecule has 0 aromatic heterocycles. The van der Waals surface area contributed by atoms with Crippen LogP contribution in [0.2, 0.25) is 0 Å². The summed E-state index contributed by atoms with van der Waals surface area (Å²) in [6, 6.07) is 2.61. The third-order valence-electron chi connectivity index (χ3n) is 2.26. The quantitative estimate of drug-likeness (QED) is 0.631. The van der Waals surface area contributed by atoms with E-state index in [0.29, 0.717) is 6.07 Å². The SMILES string of the molecule is CC(C)Oc1ccc(S(=O)(=O)NCC(F)(F)F)cc1[N+](=O)[O-]. The van der Waals surface area contributed by atoms with Gasteiger partial charge in [0.05, 0.1) is 15.9 Å². The fourth-order valence-electron chi connectivity index (χ4n) is 1.42. The number of sulfonamides is 1. The number of benzene rings is 1. The standard InChI is InChI=1S/C11H13F3N2O5S/c1-7(2)21-10-4-3-8(5-9(10)16(17)18)22(19,20)15-6-11(12,13)14/h3-5,7,15H,6H2,1-2H3. The third kappa shape index (κ3) is 5.15. The lowest BCUT2D eigenvalue weighted by Crippen LogP contribution is -2.33. The molecule has 0 fully saturated rings. The van der Waals surface area contributed by atoms with E-state index in [-0.39, 0.29) is 5.75 Å². The molecule has 0 unspecified atom stereocenters. The summed E-state index contributed by atoms with van der Waals surface area (Å²) in [6.45, 7) is 1.45. The monoisotopic (exact) mass is 342 g/mol. The maximum Gasteiger partial charge on any atom is 0.402 e. The highest BCUT2D eigenvalue weighted by atomic mass is 32.2. The van der Waals surface area contributed by atoms with Crippen molar-refractivity contribution >= 4 is 15.7 Å². The van der Waals surface area contributed by atoms with Crippen LogP contribution in [0.4, 0.5) is 18.9 Å². The lowest BCUT2D eigenvalue weighted by molar-refractivity contribution is -0.386. The number of halogens is 3. The third-order valence-corrected chi connectivity index (χ3v) is 3.66. The number of rotatable bonds is 6. The molecule has 7 nitrogen and oxygen atoms in total. The van der Waals surface area contributed by atoms with Gasteiger partial charge in [0.1, 0.15) is 6.54 Å². The molecule has 124 valence electrons. The number of nitro benzene ring substituents is 1. The van der Waals surface area contributed by atoms with Gasteiger partial charge in [-0.05, 0) is 26.0 Å². The molecule has 0 heterocycles. The van der Waals surface area contributed by atoms with Crippen molar-refractivity contribution in [3.8, 4) is 5.75 Å². The maximum absolute atomic E-state index is 12.1. The number of alkyl halides is 3. The average molecular weight is 342 g/mol. The Morgan fingerprint density at radius 3 is 2.41 bits per heavy atom. The molecule has 22 heavy (non-hydrogen) atoms. The molecule has 1 N–H and O–H groups in total. The van der Waals surface area contributed by atoms with Crippen molar-refractivity contribution in [1.29, 1.82) is 0 Å². The van der Waals surface area contributed by atoms with E-state index in [1.165, 1.54) is 4.72 Å². The Morgan fingerprint density at radius 1 is 1.36 bits per heavy atom. The Labute approximate surface area is 124 Å². The minimum Gasteiger partial charge on any atom is -0.484 e. The second-order valence-electron chi connectivity index (χ2n) is 4.49. The van der Waals surface area contributed by atoms with Crippen molar-refractivity contribution in [3.63, 3.8) is 0 Å². The molecule has 0 saturated carbocycles. The Hall–Kier alpha value is -1.88. The van der Waals surface area contributed by atoms with Gasteiger partial charge in [-0.2, -0.15) is 13.2 Å². The zero-order valence-corrected chi connectivity index (χ0v) is 12.4. The second-order valence-corrected chi connectivity index (χ2v) is 6.26. The van der Waals surface area contributed by atoms with Crippen LogP contribution >= 0.6 is 0 Å². The first-order chi connectivity index (χ1) is 9.92. The summed E-state index contributed by atoms with van der Waals surface area (Å²) in [6.07, 6.45) is -5.14. The van der Waals surface area contributed by atoms with Gasteiger partial charge < -0.3 is 4.74 Å². The molecule has 1 rings (SSSR count). The fourth-order valence-corrected chi connectivity index (χ4v) is 2.46. The number of nitrogens with zero attached hydrogens (tertiary/aromatic N) is 1. The minimum atomic E-state index is -4.74. The van der Waals surface area contributed by atoms with Crippen molar-refractivity contribution in [1.82, 2.24) is 4.72 Å². The average Bonchev–Trinajstić information content (AvgIpc) is 2.35. The van der Waals surface area contributed by atoms with E-state index in [4.69, 9.17) is 4.74 Å². The lowest BCUT2D eigenvalue weighted by Gasteiger charge is -2.12. The van der Waals surface area contributed by atoms with Crippen LogP contribution in [0.15, 0.2) is 23.1 Å². The van der Waals surface area contributed by atoms with Crippen molar-refractivity contribution in [2.45, 2.75) is 31.0 Å². The first kappa shape index (κ1) is 18.2. The molecule has 1 aromatic rings.